The smallest absolute Gasteiger partial charge is 0.396 e. The lowest BCUT2D eigenvalue weighted by Crippen LogP contribution is -2.40. The van der Waals surface area contributed by atoms with E-state index in [9.17, 15) is 18.0 Å². The van der Waals surface area contributed by atoms with Gasteiger partial charge in [0.05, 0.1) is 12.7 Å². The number of thiol groups is 1. The van der Waals surface area contributed by atoms with Crippen molar-refractivity contribution in [1.82, 2.24) is 20.3 Å². The van der Waals surface area contributed by atoms with Gasteiger partial charge in [0, 0.05) is 6.61 Å². The van der Waals surface area contributed by atoms with Crippen LogP contribution in [0, 0.1) is 0 Å². The van der Waals surface area contributed by atoms with E-state index in [2.05, 4.69) is 23.0 Å². The van der Waals surface area contributed by atoms with Crippen molar-refractivity contribution in [2.45, 2.75) is 25.6 Å². The number of nitrogens with one attached hydrogen (secondary N) is 1. The Kier molecular flexibility index (Phi) is 6.07. The van der Waals surface area contributed by atoms with Crippen LogP contribution in [-0.4, -0.2) is 45.5 Å². The number of alkyl halides is 3. The van der Waals surface area contributed by atoms with E-state index in [0.717, 1.165) is 0 Å². The fourth-order valence-corrected chi connectivity index (χ4v) is 1.38. The van der Waals surface area contributed by atoms with Gasteiger partial charge in [0.25, 0.3) is 0 Å². The number of hydrogen-bond donors (Lipinski definition) is 3. The third-order valence-corrected chi connectivity index (χ3v) is 2.53. The molecule has 0 saturated heterocycles. The summed E-state index contributed by atoms with van der Waals surface area (Å²) >= 11 is 3.77. The Balaban J connectivity index is 2.50. The van der Waals surface area contributed by atoms with Crippen LogP contribution in [0.15, 0.2) is 6.20 Å². The first-order valence-corrected chi connectivity index (χ1v) is 6.08. The summed E-state index contributed by atoms with van der Waals surface area (Å²) < 4.78 is 36.5. The second-order valence-corrected chi connectivity index (χ2v) is 4.22. The van der Waals surface area contributed by atoms with Gasteiger partial charge in [0.2, 0.25) is 0 Å². The molecule has 0 bridgehead atoms. The lowest BCUT2D eigenvalue weighted by molar-refractivity contribution is -0.122. The van der Waals surface area contributed by atoms with Crippen molar-refractivity contribution in [2.75, 3.05) is 17.5 Å². The van der Waals surface area contributed by atoms with Gasteiger partial charge in [-0.1, -0.05) is 12.8 Å². The zero-order chi connectivity index (χ0) is 15.2. The Bertz CT molecular complexity index is 439. The maximum absolute atomic E-state index is 11.9. The van der Waals surface area contributed by atoms with Gasteiger partial charge in [-0.15, -0.1) is 5.10 Å². The van der Waals surface area contributed by atoms with E-state index in [1.165, 1.54) is 11.0 Å². The quantitative estimate of drug-likeness (QED) is 0.540. The third-order valence-electron chi connectivity index (χ3n) is 2.14. The van der Waals surface area contributed by atoms with Crippen LogP contribution in [0.4, 0.5) is 23.8 Å². The number of hydrogen-bond acceptors (Lipinski definition) is 5. The van der Waals surface area contributed by atoms with E-state index < -0.39 is 18.8 Å². The number of nitrogens with zero attached hydrogens (tertiary/aromatic N) is 4. The van der Waals surface area contributed by atoms with Gasteiger partial charge < -0.3 is 10.4 Å². The molecule has 7 nitrogen and oxygen atoms in total. The Morgan fingerprint density at radius 2 is 2.20 bits per heavy atom. The van der Waals surface area contributed by atoms with Crippen LogP contribution in [0.1, 0.15) is 12.8 Å². The van der Waals surface area contributed by atoms with Gasteiger partial charge in [-0.2, -0.15) is 23.1 Å². The Morgan fingerprint density at radius 1 is 1.50 bits per heavy atom. The molecule has 0 spiro atoms. The molecule has 11 heteroatoms. The highest BCUT2D eigenvalue weighted by atomic mass is 32.1. The lowest BCUT2D eigenvalue weighted by Gasteiger charge is -2.14. The number of anilines is 1. The van der Waals surface area contributed by atoms with Crippen molar-refractivity contribution in [3.8, 4) is 0 Å². The van der Waals surface area contributed by atoms with Crippen LogP contribution in [0.5, 0.6) is 0 Å². The number of urea groups is 1. The number of amides is 2. The van der Waals surface area contributed by atoms with Gasteiger partial charge >= 0.3 is 12.2 Å². The molecular formula is C9H14F3N5O2S. The van der Waals surface area contributed by atoms with E-state index in [-0.39, 0.29) is 12.4 Å². The van der Waals surface area contributed by atoms with E-state index in [4.69, 9.17) is 5.11 Å². The predicted octanol–water partition coefficient (Wildman–Crippen LogP) is 0.974. The molecule has 0 aromatic carbocycles. The predicted molar refractivity (Wildman–Crippen MR) is 67.3 cm³/mol. The second kappa shape index (κ2) is 7.33. The minimum absolute atomic E-state index is 0.0111. The molecule has 20 heavy (non-hydrogen) atoms. The van der Waals surface area contributed by atoms with E-state index in [1.807, 2.05) is 0 Å². The maximum atomic E-state index is 11.9. The lowest BCUT2D eigenvalue weighted by atomic mass is 10.3. The van der Waals surface area contributed by atoms with Gasteiger partial charge in [-0.25, -0.2) is 9.10 Å². The summed E-state index contributed by atoms with van der Waals surface area (Å²) in [4.78, 5) is 12.7. The summed E-state index contributed by atoms with van der Waals surface area (Å²) in [7, 11) is 0. The zero-order valence-electron chi connectivity index (χ0n) is 10.3. The maximum Gasteiger partial charge on any atom is 0.405 e. The van der Waals surface area contributed by atoms with Crippen molar-refractivity contribution in [1.29, 1.82) is 0 Å². The molecule has 1 heterocycles. The number of aromatic nitrogens is 3. The molecule has 2 N–H and O–H groups in total. The van der Waals surface area contributed by atoms with Crippen LogP contribution in [0.25, 0.3) is 0 Å². The highest BCUT2D eigenvalue weighted by Gasteiger charge is 2.29. The molecule has 0 aliphatic rings. The first-order chi connectivity index (χ1) is 9.33. The molecular weight excluding hydrogens is 299 g/mol. The normalized spacial score (nSPS) is 11.4. The van der Waals surface area contributed by atoms with Gasteiger partial charge in [-0.3, -0.25) is 0 Å². The summed E-state index contributed by atoms with van der Waals surface area (Å²) in [6.07, 6.45) is -2.07. The second-order valence-electron chi connectivity index (χ2n) is 3.82. The zero-order valence-corrected chi connectivity index (χ0v) is 11.2. The molecule has 114 valence electrons. The van der Waals surface area contributed by atoms with Crippen molar-refractivity contribution < 1.29 is 23.1 Å². The van der Waals surface area contributed by atoms with Crippen LogP contribution in [0.3, 0.4) is 0 Å². The molecule has 0 aliphatic heterocycles. The highest BCUT2D eigenvalue weighted by molar-refractivity contribution is 7.82. The summed E-state index contributed by atoms with van der Waals surface area (Å²) in [6.45, 7) is -0.980. The first kappa shape index (κ1) is 16.6. The number of aliphatic hydroxyl groups is 1. The van der Waals surface area contributed by atoms with Crippen LogP contribution >= 0.6 is 12.8 Å². The third kappa shape index (κ3) is 5.65. The summed E-state index contributed by atoms with van der Waals surface area (Å²) in [6, 6.07) is -1.05. The largest absolute Gasteiger partial charge is 0.405 e. The van der Waals surface area contributed by atoms with E-state index >= 15 is 0 Å². The van der Waals surface area contributed by atoms with Crippen molar-refractivity contribution in [2.24, 2.45) is 0 Å². The van der Waals surface area contributed by atoms with Gasteiger partial charge in [-0.05, 0) is 12.8 Å². The number of carbonyl (C=O) groups excluding carboxylic acids is 1. The molecule has 1 aromatic rings. The van der Waals surface area contributed by atoms with Crippen LogP contribution in [0.2, 0.25) is 0 Å². The van der Waals surface area contributed by atoms with Gasteiger partial charge in [0.15, 0.2) is 5.82 Å². The molecule has 1 rings (SSSR count). The first-order valence-electron chi connectivity index (χ1n) is 5.68. The molecule has 2 amide bonds. The monoisotopic (exact) mass is 313 g/mol. The molecule has 1 aromatic heterocycles. The fourth-order valence-electron chi connectivity index (χ4n) is 1.21. The van der Waals surface area contributed by atoms with Crippen molar-refractivity contribution in [3.05, 3.63) is 6.20 Å². The topological polar surface area (TPSA) is 83.3 Å². The number of aliphatic hydroxyl groups excluding tert-OH is 1. The summed E-state index contributed by atoms with van der Waals surface area (Å²) in [5, 5.41) is 18.0. The number of unbranched alkanes of at least 4 members (excludes halogenated alkanes) is 1. The standard InChI is InChI=1S/C9H14F3N5O2S/c10-9(11,12)6-13-8(19)17(20)7-5-14-16(15-7)3-1-2-4-18/h5,18,20H,1-4,6H2,(H,13,19). The van der Waals surface area contributed by atoms with Crippen LogP contribution < -0.4 is 9.62 Å². The molecule has 0 unspecified atom stereocenters. The SMILES string of the molecule is O=C(NCC(F)(F)F)N(S)c1cnn(CCCCO)n1. The number of aryl methyl sites for hydroxylation is 1. The molecule has 0 fully saturated rings. The average molecular weight is 313 g/mol. The Hall–Kier alpha value is -1.49. The summed E-state index contributed by atoms with van der Waals surface area (Å²) in [5.41, 5.74) is 0. The van der Waals surface area contributed by atoms with Crippen molar-refractivity contribution >= 4 is 24.7 Å². The average Bonchev–Trinajstić information content (AvgIpc) is 2.83. The summed E-state index contributed by atoms with van der Waals surface area (Å²) in [5.74, 6) is 0.0111. The Morgan fingerprint density at radius 3 is 2.80 bits per heavy atom. The minimum Gasteiger partial charge on any atom is -0.396 e. The molecule has 0 radical (unpaired) electrons. The Labute approximate surface area is 118 Å². The van der Waals surface area contributed by atoms with E-state index in [0.29, 0.717) is 23.7 Å². The number of rotatable bonds is 6. The minimum atomic E-state index is -4.49. The fraction of sp³-hybridized carbons (Fsp3) is 0.667. The number of carbonyl (C=O) groups is 1. The van der Waals surface area contributed by atoms with Gasteiger partial charge in [0.1, 0.15) is 6.54 Å². The molecule has 0 atom stereocenters. The van der Waals surface area contributed by atoms with Crippen LogP contribution in [-0.2, 0) is 6.54 Å². The molecule has 0 aliphatic carbocycles. The number of halogens is 3. The highest BCUT2D eigenvalue weighted by Crippen LogP contribution is 2.14. The van der Waals surface area contributed by atoms with E-state index in [1.54, 1.807) is 5.32 Å². The molecule has 0 saturated carbocycles. The van der Waals surface area contributed by atoms with Crippen molar-refractivity contribution in [3.63, 3.8) is 0 Å².